The van der Waals surface area contributed by atoms with Gasteiger partial charge < -0.3 is 14.2 Å². The fraction of sp³-hybridized carbons (Fsp3) is 0.444. The summed E-state index contributed by atoms with van der Waals surface area (Å²) in [7, 11) is -3.67. The molecule has 0 bridgehead atoms. The normalized spacial score (nSPS) is 14.0. The third-order valence-corrected chi connectivity index (χ3v) is 2.65. The number of esters is 1. The number of hydrogen-bond acceptors (Lipinski definition) is 4. The molecule has 86 valence electrons. The third-order valence-electron chi connectivity index (χ3n) is 1.35. The van der Waals surface area contributed by atoms with Crippen LogP contribution in [0.5, 0.6) is 0 Å². The molecule has 0 rings (SSSR count). The van der Waals surface area contributed by atoms with Crippen LogP contribution in [0.1, 0.15) is 6.92 Å². The largest absolute Gasteiger partial charge is 0.462 e. The highest BCUT2D eigenvalue weighted by Gasteiger charge is 2.19. The van der Waals surface area contributed by atoms with Gasteiger partial charge in [0.1, 0.15) is 6.61 Å². The lowest BCUT2D eigenvalue weighted by Crippen LogP contribution is -2.10. The summed E-state index contributed by atoms with van der Waals surface area (Å²) in [5.74, 6) is -0.585. The van der Waals surface area contributed by atoms with E-state index in [0.29, 0.717) is 0 Å². The maximum Gasteiger partial charge on any atom is 0.333 e. The molecule has 0 heterocycles. The van der Waals surface area contributed by atoms with Crippen LogP contribution in [0.15, 0.2) is 24.8 Å². The zero-order valence-electron chi connectivity index (χ0n) is 8.64. The van der Waals surface area contributed by atoms with Crippen molar-refractivity contribution < 1.29 is 23.5 Å². The van der Waals surface area contributed by atoms with E-state index in [9.17, 15) is 9.36 Å². The quantitative estimate of drug-likeness (QED) is 0.312. The summed E-state index contributed by atoms with van der Waals surface area (Å²) in [5, 5.41) is 0. The van der Waals surface area contributed by atoms with Gasteiger partial charge in [-0.25, -0.2) is 4.79 Å². The predicted molar refractivity (Wildman–Crippen MR) is 56.6 cm³/mol. The van der Waals surface area contributed by atoms with Crippen LogP contribution in [0.25, 0.3) is 0 Å². The van der Waals surface area contributed by atoms with Gasteiger partial charge in [-0.3, -0.25) is 4.57 Å². The van der Waals surface area contributed by atoms with E-state index < -0.39 is 13.6 Å². The molecule has 0 aliphatic rings. The second-order valence-corrected chi connectivity index (χ2v) is 4.84. The molecule has 15 heavy (non-hydrogen) atoms. The van der Waals surface area contributed by atoms with Crippen molar-refractivity contribution in [3.05, 3.63) is 24.8 Å². The molecule has 1 atom stereocenters. The van der Waals surface area contributed by atoms with Crippen LogP contribution in [0.4, 0.5) is 0 Å². The Morgan fingerprint density at radius 2 is 2.20 bits per heavy atom. The van der Waals surface area contributed by atoms with Crippen molar-refractivity contribution in [2.24, 2.45) is 0 Å². The van der Waals surface area contributed by atoms with E-state index in [1.165, 1.54) is 13.0 Å². The van der Waals surface area contributed by atoms with Crippen LogP contribution in [0.3, 0.4) is 0 Å². The maximum absolute atomic E-state index is 11.2. The van der Waals surface area contributed by atoms with Crippen LogP contribution in [0.2, 0.25) is 0 Å². The summed E-state index contributed by atoms with van der Waals surface area (Å²) < 4.78 is 20.4. The molecule has 0 saturated heterocycles. The Labute approximate surface area is 88.9 Å². The first kappa shape index (κ1) is 14.1. The van der Waals surface area contributed by atoms with Gasteiger partial charge in [0.2, 0.25) is 0 Å². The fourth-order valence-electron chi connectivity index (χ4n) is 0.611. The molecule has 5 nitrogen and oxygen atoms in total. The van der Waals surface area contributed by atoms with Crippen molar-refractivity contribution in [2.45, 2.75) is 6.92 Å². The van der Waals surface area contributed by atoms with Crippen molar-refractivity contribution in [1.29, 1.82) is 0 Å². The summed E-state index contributed by atoms with van der Waals surface area (Å²) in [6.45, 7) is 8.02. The molecule has 0 spiro atoms. The Hall–Kier alpha value is -0.900. The van der Waals surface area contributed by atoms with Gasteiger partial charge in [0.15, 0.2) is 0 Å². The molecule has 0 aliphatic heterocycles. The molecule has 6 heteroatoms. The predicted octanol–water partition coefficient (Wildman–Crippen LogP) is 1.49. The van der Waals surface area contributed by atoms with E-state index in [-0.39, 0.29) is 24.9 Å². The highest BCUT2D eigenvalue weighted by atomic mass is 31.2. The molecule has 0 aliphatic carbocycles. The molecule has 1 N–H and O–H groups in total. The summed E-state index contributed by atoms with van der Waals surface area (Å²) in [6.07, 6.45) is 1.13. The van der Waals surface area contributed by atoms with Gasteiger partial charge in [-0.2, -0.15) is 0 Å². The number of hydrogen-bond donors (Lipinski definition) is 1. The molecule has 0 saturated carbocycles. The summed E-state index contributed by atoms with van der Waals surface area (Å²) in [5.41, 5.74) is 0.245. The minimum absolute atomic E-state index is 0.0117. The number of rotatable bonds is 7. The first-order valence-electron chi connectivity index (χ1n) is 4.29. The molecule has 0 aromatic heterocycles. The topological polar surface area (TPSA) is 72.8 Å². The maximum atomic E-state index is 11.2. The molecule has 0 amide bonds. The smallest absolute Gasteiger partial charge is 0.333 e. The van der Waals surface area contributed by atoms with Gasteiger partial charge in [0.05, 0.1) is 12.8 Å². The van der Waals surface area contributed by atoms with Crippen LogP contribution in [-0.4, -0.2) is 30.2 Å². The van der Waals surface area contributed by atoms with Crippen molar-refractivity contribution in [3.8, 4) is 0 Å². The van der Waals surface area contributed by atoms with Crippen LogP contribution in [0, 0.1) is 0 Å². The Kier molecular flexibility index (Phi) is 6.17. The standard InChI is InChI=1S/C9H15O5P/c1-4-5-14-15(11,12)7-6-13-9(10)8(2)3/h4H,1-2,5-7H2,3H3,(H,11,12). The SMILES string of the molecule is C=CCOP(=O)(O)CCOC(=O)C(=C)C. The number of ether oxygens (including phenoxy) is 1. The van der Waals surface area contributed by atoms with Crippen LogP contribution >= 0.6 is 7.60 Å². The van der Waals surface area contributed by atoms with Crippen molar-refractivity contribution >= 4 is 13.6 Å². The first-order valence-corrected chi connectivity index (χ1v) is 6.05. The lowest BCUT2D eigenvalue weighted by molar-refractivity contribution is -0.138. The lowest BCUT2D eigenvalue weighted by Gasteiger charge is -2.10. The summed E-state index contributed by atoms with van der Waals surface area (Å²) in [4.78, 5) is 20.1. The minimum atomic E-state index is -3.67. The van der Waals surface area contributed by atoms with Crippen molar-refractivity contribution in [1.82, 2.24) is 0 Å². The molecule has 0 aromatic carbocycles. The Bertz CT molecular complexity index is 297. The third kappa shape index (κ3) is 7.08. The Morgan fingerprint density at radius 1 is 1.60 bits per heavy atom. The lowest BCUT2D eigenvalue weighted by atomic mass is 10.4. The van der Waals surface area contributed by atoms with Gasteiger partial charge in [-0.15, -0.1) is 6.58 Å². The molecule has 0 aromatic rings. The molecular formula is C9H15O5P. The highest BCUT2D eigenvalue weighted by Crippen LogP contribution is 2.41. The van der Waals surface area contributed by atoms with E-state index in [0.717, 1.165) is 0 Å². The molecule has 0 fully saturated rings. The van der Waals surface area contributed by atoms with E-state index in [2.05, 4.69) is 22.4 Å². The van der Waals surface area contributed by atoms with Gasteiger partial charge in [0, 0.05) is 5.57 Å². The minimum Gasteiger partial charge on any atom is -0.462 e. The van der Waals surface area contributed by atoms with Gasteiger partial charge >= 0.3 is 13.6 Å². The first-order chi connectivity index (χ1) is 6.89. The Balaban J connectivity index is 3.84. The van der Waals surface area contributed by atoms with Gasteiger partial charge in [0.25, 0.3) is 0 Å². The van der Waals surface area contributed by atoms with E-state index in [4.69, 9.17) is 4.89 Å². The molecule has 1 unspecified atom stereocenters. The molecule has 0 radical (unpaired) electrons. The van der Waals surface area contributed by atoms with Gasteiger partial charge in [-0.1, -0.05) is 12.7 Å². The number of carbonyl (C=O) groups excluding carboxylic acids is 1. The van der Waals surface area contributed by atoms with E-state index in [1.54, 1.807) is 0 Å². The monoisotopic (exact) mass is 234 g/mol. The van der Waals surface area contributed by atoms with Crippen molar-refractivity contribution in [3.63, 3.8) is 0 Å². The van der Waals surface area contributed by atoms with Gasteiger partial charge in [-0.05, 0) is 6.92 Å². The molecular weight excluding hydrogens is 219 g/mol. The van der Waals surface area contributed by atoms with Crippen molar-refractivity contribution in [2.75, 3.05) is 19.4 Å². The zero-order chi connectivity index (χ0) is 11.9. The van der Waals surface area contributed by atoms with E-state index >= 15 is 0 Å². The average Bonchev–Trinajstić information content (AvgIpc) is 2.14. The second kappa shape index (κ2) is 6.56. The summed E-state index contributed by atoms with van der Waals surface area (Å²) >= 11 is 0. The number of carbonyl (C=O) groups is 1. The average molecular weight is 234 g/mol. The zero-order valence-corrected chi connectivity index (χ0v) is 9.53. The van der Waals surface area contributed by atoms with Crippen LogP contribution in [-0.2, 0) is 18.6 Å². The van der Waals surface area contributed by atoms with Crippen LogP contribution < -0.4 is 0 Å². The fourth-order valence-corrected chi connectivity index (χ4v) is 1.40. The Morgan fingerprint density at radius 3 is 2.67 bits per heavy atom. The highest BCUT2D eigenvalue weighted by molar-refractivity contribution is 7.52. The second-order valence-electron chi connectivity index (χ2n) is 2.86. The summed E-state index contributed by atoms with van der Waals surface area (Å²) in [6, 6.07) is 0. The van der Waals surface area contributed by atoms with E-state index in [1.807, 2.05) is 0 Å².